The van der Waals surface area contributed by atoms with E-state index in [-0.39, 0.29) is 6.03 Å². The fourth-order valence-electron chi connectivity index (χ4n) is 1.73. The first kappa shape index (κ1) is 18.3. The molecule has 0 spiro atoms. The van der Waals surface area contributed by atoms with Gasteiger partial charge in [0.25, 0.3) is 0 Å². The van der Waals surface area contributed by atoms with Gasteiger partial charge in [-0.2, -0.15) is 0 Å². The molecule has 124 valence electrons. The molecule has 0 heterocycles. The quantitative estimate of drug-likeness (QED) is 0.653. The first-order valence-corrected chi connectivity index (χ1v) is 7.87. The van der Waals surface area contributed by atoms with Gasteiger partial charge in [0.15, 0.2) is 0 Å². The molecule has 0 saturated heterocycles. The van der Waals surface area contributed by atoms with Crippen molar-refractivity contribution in [2.75, 3.05) is 32.9 Å². The smallest absolute Gasteiger partial charge is 0.314 e. The number of aryl methyl sites for hydroxylation is 1. The number of amides is 2. The molecule has 2 N–H and O–H groups in total. The minimum Gasteiger partial charge on any atom is -0.492 e. The summed E-state index contributed by atoms with van der Waals surface area (Å²) in [5.74, 6) is 1.36. The summed E-state index contributed by atoms with van der Waals surface area (Å²) in [6, 6.07) is 7.67. The Bertz CT molecular complexity index is 418. The van der Waals surface area contributed by atoms with E-state index in [4.69, 9.17) is 9.47 Å². The van der Waals surface area contributed by atoms with E-state index < -0.39 is 0 Å². The van der Waals surface area contributed by atoms with E-state index in [9.17, 15) is 4.79 Å². The average molecular weight is 308 g/mol. The van der Waals surface area contributed by atoms with E-state index >= 15 is 0 Å². The Morgan fingerprint density at radius 1 is 1.09 bits per heavy atom. The lowest BCUT2D eigenvalue weighted by Gasteiger charge is -2.10. The summed E-state index contributed by atoms with van der Waals surface area (Å²) < 4.78 is 11.0. The van der Waals surface area contributed by atoms with Crippen molar-refractivity contribution in [3.8, 4) is 5.75 Å². The third-order valence-electron chi connectivity index (χ3n) is 2.88. The van der Waals surface area contributed by atoms with E-state index in [0.717, 1.165) is 18.8 Å². The van der Waals surface area contributed by atoms with Gasteiger partial charge in [-0.25, -0.2) is 4.79 Å². The maximum Gasteiger partial charge on any atom is 0.314 e. The molecule has 0 bridgehead atoms. The third kappa shape index (κ3) is 9.23. The number of rotatable bonds is 10. The van der Waals surface area contributed by atoms with Crippen LogP contribution < -0.4 is 15.4 Å². The molecule has 0 radical (unpaired) electrons. The van der Waals surface area contributed by atoms with Crippen LogP contribution in [-0.4, -0.2) is 38.9 Å². The fourth-order valence-corrected chi connectivity index (χ4v) is 1.73. The van der Waals surface area contributed by atoms with E-state index in [1.54, 1.807) is 0 Å². The topological polar surface area (TPSA) is 59.6 Å². The molecule has 0 aliphatic rings. The molecule has 0 unspecified atom stereocenters. The maximum atomic E-state index is 11.5. The normalized spacial score (nSPS) is 10.5. The Kier molecular flexibility index (Phi) is 9.07. The zero-order valence-electron chi connectivity index (χ0n) is 13.9. The molecule has 22 heavy (non-hydrogen) atoms. The third-order valence-corrected chi connectivity index (χ3v) is 2.88. The van der Waals surface area contributed by atoms with Gasteiger partial charge in [0.2, 0.25) is 0 Å². The highest BCUT2D eigenvalue weighted by Crippen LogP contribution is 2.10. The molecule has 5 heteroatoms. The highest BCUT2D eigenvalue weighted by Gasteiger charge is 2.00. The summed E-state index contributed by atoms with van der Waals surface area (Å²) in [4.78, 5) is 11.5. The Morgan fingerprint density at radius 2 is 1.77 bits per heavy atom. The second kappa shape index (κ2) is 10.9. The average Bonchev–Trinajstić information content (AvgIpc) is 2.49. The van der Waals surface area contributed by atoms with Gasteiger partial charge in [0, 0.05) is 19.8 Å². The molecule has 0 saturated carbocycles. The SMILES string of the molecule is Cc1ccc(OCCNC(=O)NCCCOCC(C)C)cc1. The highest BCUT2D eigenvalue weighted by atomic mass is 16.5. The van der Waals surface area contributed by atoms with Crippen LogP contribution in [0.4, 0.5) is 4.79 Å². The first-order chi connectivity index (χ1) is 10.6. The standard InChI is InChI=1S/C17H28N2O3/c1-14(2)13-21-11-4-9-18-17(20)19-10-12-22-16-7-5-15(3)6-8-16/h5-8,14H,4,9-13H2,1-3H3,(H2,18,19,20). The van der Waals surface area contributed by atoms with Gasteiger partial charge in [0.05, 0.1) is 6.54 Å². The number of nitrogens with one attached hydrogen (secondary N) is 2. The molecule has 0 aromatic heterocycles. The van der Waals surface area contributed by atoms with Gasteiger partial charge in [-0.3, -0.25) is 0 Å². The second-order valence-corrected chi connectivity index (χ2v) is 5.67. The second-order valence-electron chi connectivity index (χ2n) is 5.67. The number of ether oxygens (including phenoxy) is 2. The molecule has 1 rings (SSSR count). The zero-order valence-corrected chi connectivity index (χ0v) is 13.9. The van der Waals surface area contributed by atoms with Gasteiger partial charge in [-0.15, -0.1) is 0 Å². The number of hydrogen-bond acceptors (Lipinski definition) is 3. The number of carbonyl (C=O) groups is 1. The van der Waals surface area contributed by atoms with Crippen LogP contribution in [0.5, 0.6) is 5.75 Å². The molecule has 2 amide bonds. The summed E-state index contributed by atoms with van der Waals surface area (Å²) in [7, 11) is 0. The lowest BCUT2D eigenvalue weighted by atomic mass is 10.2. The number of benzene rings is 1. The molecular formula is C17H28N2O3. The molecule has 0 fully saturated rings. The van der Waals surface area contributed by atoms with Gasteiger partial charge >= 0.3 is 6.03 Å². The molecule has 0 aliphatic heterocycles. The molecule has 5 nitrogen and oxygen atoms in total. The summed E-state index contributed by atoms with van der Waals surface area (Å²) in [6.45, 7) is 9.25. The summed E-state index contributed by atoms with van der Waals surface area (Å²) in [6.07, 6.45) is 0.819. The van der Waals surface area contributed by atoms with Gasteiger partial charge in [-0.05, 0) is 31.4 Å². The minimum absolute atomic E-state index is 0.170. The van der Waals surface area contributed by atoms with E-state index in [1.807, 2.05) is 31.2 Å². The van der Waals surface area contributed by atoms with E-state index in [0.29, 0.717) is 32.2 Å². The number of urea groups is 1. The van der Waals surface area contributed by atoms with Crippen molar-refractivity contribution < 1.29 is 14.3 Å². The van der Waals surface area contributed by atoms with Crippen molar-refractivity contribution in [1.29, 1.82) is 0 Å². The molecule has 0 atom stereocenters. The number of hydrogen-bond donors (Lipinski definition) is 2. The van der Waals surface area contributed by atoms with Crippen LogP contribution in [0.25, 0.3) is 0 Å². The van der Waals surface area contributed by atoms with E-state index in [1.165, 1.54) is 5.56 Å². The van der Waals surface area contributed by atoms with Crippen LogP contribution >= 0.6 is 0 Å². The van der Waals surface area contributed by atoms with Crippen molar-refractivity contribution in [3.05, 3.63) is 29.8 Å². The predicted molar refractivity (Wildman–Crippen MR) is 88.3 cm³/mol. The van der Waals surface area contributed by atoms with Crippen LogP contribution in [0.15, 0.2) is 24.3 Å². The fraction of sp³-hybridized carbons (Fsp3) is 0.588. The number of carbonyl (C=O) groups excluding carboxylic acids is 1. The maximum absolute atomic E-state index is 11.5. The molecular weight excluding hydrogens is 280 g/mol. The Balaban J connectivity index is 1.96. The summed E-state index contributed by atoms with van der Waals surface area (Å²) >= 11 is 0. The first-order valence-electron chi connectivity index (χ1n) is 7.87. The van der Waals surface area contributed by atoms with Crippen molar-refractivity contribution in [3.63, 3.8) is 0 Å². The molecule has 1 aromatic rings. The highest BCUT2D eigenvalue weighted by molar-refractivity contribution is 5.73. The van der Waals surface area contributed by atoms with Gasteiger partial charge < -0.3 is 20.1 Å². The van der Waals surface area contributed by atoms with Crippen molar-refractivity contribution in [2.45, 2.75) is 27.2 Å². The molecule has 1 aromatic carbocycles. The Morgan fingerprint density at radius 3 is 2.45 bits per heavy atom. The van der Waals surface area contributed by atoms with E-state index in [2.05, 4.69) is 24.5 Å². The van der Waals surface area contributed by atoms with Crippen molar-refractivity contribution in [2.24, 2.45) is 5.92 Å². The molecule has 0 aliphatic carbocycles. The monoisotopic (exact) mass is 308 g/mol. The van der Waals surface area contributed by atoms with Crippen LogP contribution in [0.1, 0.15) is 25.8 Å². The Labute approximate surface area is 133 Å². The summed E-state index contributed by atoms with van der Waals surface area (Å²) in [5.41, 5.74) is 1.20. The van der Waals surface area contributed by atoms with Crippen LogP contribution in [0.3, 0.4) is 0 Å². The summed E-state index contributed by atoms with van der Waals surface area (Å²) in [5, 5.41) is 5.55. The van der Waals surface area contributed by atoms with Gasteiger partial charge in [-0.1, -0.05) is 31.5 Å². The lowest BCUT2D eigenvalue weighted by Crippen LogP contribution is -2.38. The lowest BCUT2D eigenvalue weighted by molar-refractivity contribution is 0.108. The van der Waals surface area contributed by atoms with Crippen molar-refractivity contribution in [1.82, 2.24) is 10.6 Å². The van der Waals surface area contributed by atoms with Gasteiger partial charge in [0.1, 0.15) is 12.4 Å². The minimum atomic E-state index is -0.170. The largest absolute Gasteiger partial charge is 0.492 e. The van der Waals surface area contributed by atoms with Crippen LogP contribution in [0, 0.1) is 12.8 Å². The van der Waals surface area contributed by atoms with Crippen LogP contribution in [0.2, 0.25) is 0 Å². The van der Waals surface area contributed by atoms with Crippen molar-refractivity contribution >= 4 is 6.03 Å². The zero-order chi connectivity index (χ0) is 16.2. The Hall–Kier alpha value is -1.75. The van der Waals surface area contributed by atoms with Crippen LogP contribution in [-0.2, 0) is 4.74 Å². The predicted octanol–water partition coefficient (Wildman–Crippen LogP) is 2.74.